The van der Waals surface area contributed by atoms with E-state index in [4.69, 9.17) is 17.3 Å². The van der Waals surface area contributed by atoms with Crippen LogP contribution in [-0.2, 0) is 0 Å². The molecule has 108 valence electrons. The highest BCUT2D eigenvalue weighted by Crippen LogP contribution is 2.38. The topological polar surface area (TPSA) is 69.6 Å². The number of nitrogens with two attached hydrogens (primary N) is 1. The molecule has 21 heavy (non-hydrogen) atoms. The molecule has 0 aliphatic heterocycles. The normalized spacial score (nSPS) is 12.5. The Morgan fingerprint density at radius 3 is 2.71 bits per heavy atom. The molecule has 2 heterocycles. The molecular weight excluding hydrogens is 326 g/mol. The van der Waals surface area contributed by atoms with Crippen LogP contribution in [-0.4, -0.2) is 26.8 Å². The highest BCUT2D eigenvalue weighted by Gasteiger charge is 2.18. The Labute approximate surface area is 135 Å². The lowest BCUT2D eigenvalue weighted by atomic mass is 10.3. The van der Waals surface area contributed by atoms with Crippen LogP contribution in [0.2, 0.25) is 4.34 Å². The maximum absolute atomic E-state index is 5.99. The van der Waals surface area contributed by atoms with Crippen molar-refractivity contribution in [2.75, 3.05) is 6.54 Å². The average Bonchev–Trinajstić information content (AvgIpc) is 3.14. The first kappa shape index (κ1) is 14.5. The van der Waals surface area contributed by atoms with Gasteiger partial charge in [-0.2, -0.15) is 4.68 Å². The number of halogens is 1. The summed E-state index contributed by atoms with van der Waals surface area (Å²) < 4.78 is 2.47. The van der Waals surface area contributed by atoms with Gasteiger partial charge in [-0.05, 0) is 34.7 Å². The van der Waals surface area contributed by atoms with Gasteiger partial charge in [0.25, 0.3) is 0 Å². The van der Waals surface area contributed by atoms with Crippen LogP contribution in [0, 0.1) is 0 Å². The zero-order valence-electron chi connectivity index (χ0n) is 10.9. The summed E-state index contributed by atoms with van der Waals surface area (Å²) >= 11 is 9.06. The first-order valence-electron chi connectivity index (χ1n) is 6.23. The van der Waals surface area contributed by atoms with Crippen molar-refractivity contribution in [2.45, 2.75) is 10.4 Å². The van der Waals surface area contributed by atoms with Gasteiger partial charge in [0, 0.05) is 11.4 Å². The van der Waals surface area contributed by atoms with Crippen LogP contribution in [0.1, 0.15) is 10.1 Å². The van der Waals surface area contributed by atoms with E-state index in [2.05, 4.69) is 15.5 Å². The molecule has 0 aliphatic carbocycles. The number of rotatable bonds is 5. The maximum atomic E-state index is 5.99. The molecule has 0 fully saturated rings. The van der Waals surface area contributed by atoms with E-state index in [0.717, 1.165) is 14.9 Å². The predicted molar refractivity (Wildman–Crippen MR) is 86.1 cm³/mol. The number of aromatic nitrogens is 4. The zero-order valence-corrected chi connectivity index (χ0v) is 13.3. The second kappa shape index (κ2) is 6.57. The van der Waals surface area contributed by atoms with Gasteiger partial charge in [0.15, 0.2) is 0 Å². The van der Waals surface area contributed by atoms with Crippen LogP contribution in [0.5, 0.6) is 0 Å². The monoisotopic (exact) mass is 337 g/mol. The molecule has 1 atom stereocenters. The van der Waals surface area contributed by atoms with Gasteiger partial charge in [-0.15, -0.1) is 16.4 Å². The van der Waals surface area contributed by atoms with Crippen LogP contribution in [0.15, 0.2) is 47.6 Å². The molecule has 0 aliphatic rings. The predicted octanol–water partition coefficient (Wildman–Crippen LogP) is 3.17. The average molecular weight is 338 g/mol. The first-order valence-corrected chi connectivity index (χ1v) is 8.31. The molecular formula is C13H12ClN5S2. The van der Waals surface area contributed by atoms with Crippen molar-refractivity contribution < 1.29 is 0 Å². The Bertz CT molecular complexity index is 712. The largest absolute Gasteiger partial charge is 0.329 e. The van der Waals surface area contributed by atoms with Crippen LogP contribution >= 0.6 is 34.7 Å². The third kappa shape index (κ3) is 3.26. The van der Waals surface area contributed by atoms with Crippen molar-refractivity contribution >= 4 is 34.7 Å². The molecule has 3 aromatic rings. The molecule has 0 spiro atoms. The van der Waals surface area contributed by atoms with E-state index in [1.165, 1.54) is 23.1 Å². The molecule has 0 saturated heterocycles. The number of thioether (sulfide) groups is 1. The standard InChI is InChI=1S/C13H12ClN5S2/c14-12-7-6-10(20-12)11(8-15)21-13-16-17-18-19(13)9-4-2-1-3-5-9/h1-7,11H,8,15H2. The molecule has 2 aromatic heterocycles. The minimum absolute atomic E-state index is 0.0796. The molecule has 2 N–H and O–H groups in total. The van der Waals surface area contributed by atoms with Gasteiger partial charge in [-0.25, -0.2) is 0 Å². The number of hydrogen-bond donors (Lipinski definition) is 1. The Morgan fingerprint density at radius 2 is 2.05 bits per heavy atom. The van der Waals surface area contributed by atoms with E-state index in [1.54, 1.807) is 4.68 Å². The first-order chi connectivity index (χ1) is 10.3. The van der Waals surface area contributed by atoms with Gasteiger partial charge in [0.05, 0.1) is 15.3 Å². The fraction of sp³-hybridized carbons (Fsp3) is 0.154. The number of para-hydroxylation sites is 1. The molecule has 0 bridgehead atoms. The highest BCUT2D eigenvalue weighted by atomic mass is 35.5. The second-order valence-electron chi connectivity index (χ2n) is 4.19. The maximum Gasteiger partial charge on any atom is 0.214 e. The van der Waals surface area contributed by atoms with E-state index in [-0.39, 0.29) is 5.25 Å². The van der Waals surface area contributed by atoms with Gasteiger partial charge in [-0.1, -0.05) is 41.6 Å². The van der Waals surface area contributed by atoms with E-state index >= 15 is 0 Å². The van der Waals surface area contributed by atoms with Crippen molar-refractivity contribution in [2.24, 2.45) is 5.73 Å². The summed E-state index contributed by atoms with van der Waals surface area (Å²) in [6.45, 7) is 0.489. The third-order valence-corrected chi connectivity index (χ3v) is 5.51. The van der Waals surface area contributed by atoms with Crippen LogP contribution in [0.4, 0.5) is 0 Å². The summed E-state index contributed by atoms with van der Waals surface area (Å²) in [4.78, 5) is 1.12. The zero-order chi connectivity index (χ0) is 14.7. The number of tetrazole rings is 1. The van der Waals surface area contributed by atoms with Gasteiger partial charge in [-0.3, -0.25) is 0 Å². The summed E-state index contributed by atoms with van der Waals surface area (Å²) in [5.74, 6) is 0. The minimum Gasteiger partial charge on any atom is -0.329 e. The van der Waals surface area contributed by atoms with Crippen molar-refractivity contribution in [1.29, 1.82) is 0 Å². The third-order valence-electron chi connectivity index (χ3n) is 2.81. The fourth-order valence-electron chi connectivity index (χ4n) is 1.83. The molecule has 8 heteroatoms. The molecule has 0 radical (unpaired) electrons. The van der Waals surface area contributed by atoms with Crippen molar-refractivity contribution in [3.05, 3.63) is 51.7 Å². The second-order valence-corrected chi connectivity index (χ2v) is 7.11. The Hall–Kier alpha value is -1.41. The van der Waals surface area contributed by atoms with Crippen LogP contribution in [0.25, 0.3) is 5.69 Å². The lowest BCUT2D eigenvalue weighted by molar-refractivity contribution is 0.754. The van der Waals surface area contributed by atoms with E-state index < -0.39 is 0 Å². The molecule has 3 rings (SSSR count). The molecule has 1 aromatic carbocycles. The molecule has 0 saturated carbocycles. The summed E-state index contributed by atoms with van der Waals surface area (Å²) in [6.07, 6.45) is 0. The fourth-order valence-corrected chi connectivity index (χ4v) is 4.05. The highest BCUT2D eigenvalue weighted by molar-refractivity contribution is 7.99. The van der Waals surface area contributed by atoms with E-state index in [0.29, 0.717) is 11.7 Å². The Kier molecular flexibility index (Phi) is 4.54. The summed E-state index contributed by atoms with van der Waals surface area (Å²) in [5, 5.41) is 12.7. The SMILES string of the molecule is NCC(Sc1nnnn1-c1ccccc1)c1ccc(Cl)s1. The lowest BCUT2D eigenvalue weighted by Gasteiger charge is -2.11. The Balaban J connectivity index is 1.87. The smallest absolute Gasteiger partial charge is 0.214 e. The van der Waals surface area contributed by atoms with Crippen LogP contribution in [0.3, 0.4) is 0 Å². The molecule has 0 amide bonds. The summed E-state index contributed by atoms with van der Waals surface area (Å²) in [5.41, 5.74) is 6.81. The lowest BCUT2D eigenvalue weighted by Crippen LogP contribution is -2.09. The molecule has 5 nitrogen and oxygen atoms in total. The number of nitrogens with zero attached hydrogens (tertiary/aromatic N) is 4. The molecule has 1 unspecified atom stereocenters. The van der Waals surface area contributed by atoms with E-state index in [9.17, 15) is 0 Å². The van der Waals surface area contributed by atoms with Gasteiger partial charge in [0.2, 0.25) is 5.16 Å². The van der Waals surface area contributed by atoms with Gasteiger partial charge >= 0.3 is 0 Å². The van der Waals surface area contributed by atoms with Crippen molar-refractivity contribution in [1.82, 2.24) is 20.2 Å². The number of benzene rings is 1. The van der Waals surface area contributed by atoms with Crippen molar-refractivity contribution in [3.8, 4) is 5.69 Å². The van der Waals surface area contributed by atoms with Crippen LogP contribution < -0.4 is 5.73 Å². The van der Waals surface area contributed by atoms with Gasteiger partial charge < -0.3 is 5.73 Å². The van der Waals surface area contributed by atoms with Crippen molar-refractivity contribution in [3.63, 3.8) is 0 Å². The number of hydrogen-bond acceptors (Lipinski definition) is 6. The quantitative estimate of drug-likeness (QED) is 0.724. The van der Waals surface area contributed by atoms with Gasteiger partial charge in [0.1, 0.15) is 0 Å². The number of thiophene rings is 1. The summed E-state index contributed by atoms with van der Waals surface area (Å²) in [6, 6.07) is 13.6. The Morgan fingerprint density at radius 1 is 1.24 bits per heavy atom. The van der Waals surface area contributed by atoms with E-state index in [1.807, 2.05) is 42.5 Å². The summed E-state index contributed by atoms with van der Waals surface area (Å²) in [7, 11) is 0. The minimum atomic E-state index is 0.0796.